The molecular weight excluding hydrogens is 236 g/mol. The maximum absolute atomic E-state index is 11.5. The van der Waals surface area contributed by atoms with Crippen LogP contribution >= 0.6 is 23.7 Å². The molecule has 0 aliphatic rings. The van der Waals surface area contributed by atoms with E-state index in [1.807, 2.05) is 20.8 Å². The number of thiazole rings is 1. The Bertz CT molecular complexity index is 333. The molecule has 1 rings (SSSR count). The molecule has 1 heterocycles. The summed E-state index contributed by atoms with van der Waals surface area (Å²) in [5.74, 6) is -0.395. The smallest absolute Gasteiger partial charge is 0.358 e. The molecule has 1 aromatic rings. The Morgan fingerprint density at radius 2 is 2.20 bits per heavy atom. The van der Waals surface area contributed by atoms with Crippen molar-refractivity contribution in [2.75, 3.05) is 0 Å². The summed E-state index contributed by atoms with van der Waals surface area (Å²) in [6.07, 6.45) is 0. The highest BCUT2D eigenvalue weighted by molar-refractivity contribution is 7.09. The van der Waals surface area contributed by atoms with Crippen LogP contribution in [0.3, 0.4) is 0 Å². The summed E-state index contributed by atoms with van der Waals surface area (Å²) in [5.41, 5.74) is 5.24. The molecule has 0 amide bonds. The maximum atomic E-state index is 11.5. The van der Waals surface area contributed by atoms with Crippen molar-refractivity contribution in [3.8, 4) is 0 Å². The van der Waals surface area contributed by atoms with Gasteiger partial charge in [0.25, 0.3) is 0 Å². The zero-order valence-electron chi connectivity index (χ0n) is 8.94. The minimum Gasteiger partial charge on any atom is -0.455 e. The van der Waals surface area contributed by atoms with Gasteiger partial charge in [-0.05, 0) is 20.8 Å². The second-order valence-corrected chi connectivity index (χ2v) is 4.78. The van der Waals surface area contributed by atoms with Gasteiger partial charge in [0, 0.05) is 11.9 Å². The molecule has 0 fully saturated rings. The van der Waals surface area contributed by atoms with Crippen molar-refractivity contribution in [1.29, 1.82) is 0 Å². The lowest BCUT2D eigenvalue weighted by Gasteiger charge is -2.18. The van der Waals surface area contributed by atoms with Crippen molar-refractivity contribution in [1.82, 2.24) is 4.98 Å². The van der Waals surface area contributed by atoms with E-state index < -0.39 is 11.6 Å². The number of hydrogen-bond acceptors (Lipinski definition) is 5. The Kier molecular flexibility index (Phi) is 5.20. The monoisotopic (exact) mass is 250 g/mol. The highest BCUT2D eigenvalue weighted by Gasteiger charge is 2.19. The third-order valence-electron chi connectivity index (χ3n) is 1.33. The Morgan fingerprint density at radius 1 is 1.60 bits per heavy atom. The van der Waals surface area contributed by atoms with E-state index in [1.165, 1.54) is 11.3 Å². The molecule has 0 saturated carbocycles. The number of aromatic nitrogens is 1. The van der Waals surface area contributed by atoms with Gasteiger partial charge < -0.3 is 10.5 Å². The van der Waals surface area contributed by atoms with E-state index in [0.717, 1.165) is 5.01 Å². The molecule has 2 N–H and O–H groups in total. The third kappa shape index (κ3) is 4.59. The lowest BCUT2D eigenvalue weighted by atomic mass is 10.2. The SMILES string of the molecule is CC(C)(C)OC(=O)c1csc(CN)n1.Cl. The number of esters is 1. The van der Waals surface area contributed by atoms with Gasteiger partial charge in [-0.15, -0.1) is 23.7 Å². The van der Waals surface area contributed by atoms with E-state index in [0.29, 0.717) is 12.2 Å². The van der Waals surface area contributed by atoms with Gasteiger partial charge in [0.1, 0.15) is 10.6 Å². The Labute approximate surface area is 99.2 Å². The normalized spacial score (nSPS) is 10.7. The summed E-state index contributed by atoms with van der Waals surface area (Å²) in [4.78, 5) is 15.5. The lowest BCUT2D eigenvalue weighted by molar-refractivity contribution is 0.00635. The van der Waals surface area contributed by atoms with Crippen LogP contribution in [0.25, 0.3) is 0 Å². The molecule has 6 heteroatoms. The highest BCUT2D eigenvalue weighted by atomic mass is 35.5. The number of halogens is 1. The summed E-state index contributed by atoms with van der Waals surface area (Å²) in [6.45, 7) is 5.82. The number of nitrogens with two attached hydrogens (primary N) is 1. The summed E-state index contributed by atoms with van der Waals surface area (Å²) < 4.78 is 5.15. The van der Waals surface area contributed by atoms with Crippen LogP contribution in [0, 0.1) is 0 Å². The van der Waals surface area contributed by atoms with Crippen molar-refractivity contribution >= 4 is 29.7 Å². The summed E-state index contributed by atoms with van der Waals surface area (Å²) in [7, 11) is 0. The molecule has 0 aromatic carbocycles. The highest BCUT2D eigenvalue weighted by Crippen LogP contribution is 2.14. The van der Waals surface area contributed by atoms with Gasteiger partial charge in [-0.2, -0.15) is 0 Å². The van der Waals surface area contributed by atoms with Gasteiger partial charge in [-0.25, -0.2) is 9.78 Å². The second kappa shape index (κ2) is 5.44. The maximum Gasteiger partial charge on any atom is 0.358 e. The summed E-state index contributed by atoms with van der Waals surface area (Å²) in [5, 5.41) is 2.40. The third-order valence-corrected chi connectivity index (χ3v) is 2.21. The van der Waals surface area contributed by atoms with Gasteiger partial charge in [-0.1, -0.05) is 0 Å². The van der Waals surface area contributed by atoms with E-state index in [9.17, 15) is 4.79 Å². The molecule has 0 aliphatic carbocycles. The number of rotatable bonds is 2. The van der Waals surface area contributed by atoms with Crippen molar-refractivity contribution in [3.63, 3.8) is 0 Å². The fourth-order valence-corrected chi connectivity index (χ4v) is 1.47. The molecule has 0 bridgehead atoms. The average Bonchev–Trinajstić information content (AvgIpc) is 2.48. The van der Waals surface area contributed by atoms with Crippen LogP contribution in [-0.2, 0) is 11.3 Å². The van der Waals surface area contributed by atoms with Crippen LogP contribution in [0.15, 0.2) is 5.38 Å². The molecule has 4 nitrogen and oxygen atoms in total. The lowest BCUT2D eigenvalue weighted by Crippen LogP contribution is -2.24. The first-order valence-corrected chi connectivity index (χ1v) is 5.18. The molecule has 0 aliphatic heterocycles. The molecule has 0 atom stereocenters. The molecule has 0 spiro atoms. The average molecular weight is 251 g/mol. The summed E-state index contributed by atoms with van der Waals surface area (Å²) in [6, 6.07) is 0. The zero-order chi connectivity index (χ0) is 10.8. The van der Waals surface area contributed by atoms with Gasteiger partial charge in [0.2, 0.25) is 0 Å². The van der Waals surface area contributed by atoms with E-state index in [4.69, 9.17) is 10.5 Å². The van der Waals surface area contributed by atoms with Gasteiger partial charge in [0.15, 0.2) is 5.69 Å². The van der Waals surface area contributed by atoms with Crippen molar-refractivity contribution in [3.05, 3.63) is 16.1 Å². The zero-order valence-corrected chi connectivity index (χ0v) is 10.6. The fourth-order valence-electron chi connectivity index (χ4n) is 0.829. The van der Waals surface area contributed by atoms with E-state index >= 15 is 0 Å². The molecule has 1 aromatic heterocycles. The van der Waals surface area contributed by atoms with Crippen LogP contribution < -0.4 is 5.73 Å². The molecule has 15 heavy (non-hydrogen) atoms. The van der Waals surface area contributed by atoms with Crippen LogP contribution in [0.4, 0.5) is 0 Å². The molecule has 86 valence electrons. The first kappa shape index (κ1) is 14.3. The minimum atomic E-state index is -0.483. The van der Waals surface area contributed by atoms with Crippen LogP contribution in [0.2, 0.25) is 0 Å². The van der Waals surface area contributed by atoms with Crippen molar-refractivity contribution in [2.24, 2.45) is 5.73 Å². The van der Waals surface area contributed by atoms with Crippen molar-refractivity contribution < 1.29 is 9.53 Å². The van der Waals surface area contributed by atoms with Crippen LogP contribution in [0.1, 0.15) is 36.3 Å². The predicted molar refractivity (Wildman–Crippen MR) is 62.4 cm³/mol. The van der Waals surface area contributed by atoms with Crippen LogP contribution in [-0.4, -0.2) is 16.6 Å². The van der Waals surface area contributed by atoms with Crippen molar-refractivity contribution in [2.45, 2.75) is 32.9 Å². The Hall–Kier alpha value is -0.650. The topological polar surface area (TPSA) is 65.2 Å². The standard InChI is InChI=1S/C9H14N2O2S.ClH/c1-9(2,3)13-8(12)6-5-14-7(4-10)11-6;/h5H,4,10H2,1-3H3;1H. The van der Waals surface area contributed by atoms with E-state index in [1.54, 1.807) is 5.38 Å². The molecule has 0 radical (unpaired) electrons. The molecule has 0 unspecified atom stereocenters. The first-order chi connectivity index (χ1) is 6.42. The quantitative estimate of drug-likeness (QED) is 0.816. The van der Waals surface area contributed by atoms with Gasteiger partial charge >= 0.3 is 5.97 Å². The number of carbonyl (C=O) groups is 1. The number of ether oxygens (including phenoxy) is 1. The second-order valence-electron chi connectivity index (χ2n) is 3.83. The first-order valence-electron chi connectivity index (χ1n) is 4.30. The van der Waals surface area contributed by atoms with Gasteiger partial charge in [0.05, 0.1) is 0 Å². The largest absolute Gasteiger partial charge is 0.455 e. The Morgan fingerprint density at radius 3 is 2.60 bits per heavy atom. The fraction of sp³-hybridized carbons (Fsp3) is 0.556. The van der Waals surface area contributed by atoms with E-state index in [2.05, 4.69) is 4.98 Å². The van der Waals surface area contributed by atoms with Crippen LogP contribution in [0.5, 0.6) is 0 Å². The van der Waals surface area contributed by atoms with E-state index in [-0.39, 0.29) is 12.4 Å². The predicted octanol–water partition coefficient (Wildman–Crippen LogP) is 1.98. The van der Waals surface area contributed by atoms with Gasteiger partial charge in [-0.3, -0.25) is 0 Å². The Balaban J connectivity index is 0.00000196. The minimum absolute atomic E-state index is 0. The summed E-state index contributed by atoms with van der Waals surface area (Å²) >= 11 is 1.37. The number of hydrogen-bond donors (Lipinski definition) is 1. The molecule has 0 saturated heterocycles. The molecular formula is C9H15ClN2O2S. The number of carbonyl (C=O) groups excluding carboxylic acids is 1. The number of nitrogens with zero attached hydrogens (tertiary/aromatic N) is 1.